The summed E-state index contributed by atoms with van der Waals surface area (Å²) in [6.07, 6.45) is 7.25. The van der Waals surface area contributed by atoms with Gasteiger partial charge in [-0.3, -0.25) is 4.98 Å². The monoisotopic (exact) mass is 322 g/mol. The summed E-state index contributed by atoms with van der Waals surface area (Å²) in [6.45, 7) is 5.54. The highest BCUT2D eigenvalue weighted by molar-refractivity contribution is 5.36. The van der Waals surface area contributed by atoms with Gasteiger partial charge in [0, 0.05) is 36.9 Å². The van der Waals surface area contributed by atoms with Crippen molar-refractivity contribution in [2.75, 3.05) is 13.2 Å². The fourth-order valence-corrected chi connectivity index (χ4v) is 2.57. The molecule has 0 aliphatic carbocycles. The van der Waals surface area contributed by atoms with E-state index in [4.69, 9.17) is 4.74 Å². The maximum Gasteiger partial charge on any atom is 0.137 e. The molecule has 0 radical (unpaired) electrons. The van der Waals surface area contributed by atoms with Crippen molar-refractivity contribution in [3.63, 3.8) is 0 Å². The maximum atomic E-state index is 5.64. The highest BCUT2D eigenvalue weighted by atomic mass is 16.5. The van der Waals surface area contributed by atoms with E-state index < -0.39 is 0 Å². The first-order valence-corrected chi connectivity index (χ1v) is 8.10. The third kappa shape index (κ3) is 4.00. The molecule has 1 aromatic carbocycles. The van der Waals surface area contributed by atoms with Crippen molar-refractivity contribution >= 4 is 0 Å². The third-order valence-electron chi connectivity index (χ3n) is 3.95. The number of pyridine rings is 1. The molecular formula is C19H22N4O. The lowest BCUT2D eigenvalue weighted by molar-refractivity contribution is 0.306. The van der Waals surface area contributed by atoms with Gasteiger partial charge in [-0.2, -0.15) is 0 Å². The van der Waals surface area contributed by atoms with Gasteiger partial charge in [-0.15, -0.1) is 0 Å². The van der Waals surface area contributed by atoms with Crippen LogP contribution >= 0.6 is 0 Å². The third-order valence-corrected chi connectivity index (χ3v) is 3.95. The van der Waals surface area contributed by atoms with E-state index in [1.807, 2.05) is 31.5 Å². The summed E-state index contributed by atoms with van der Waals surface area (Å²) in [4.78, 5) is 8.29. The van der Waals surface area contributed by atoms with Crippen LogP contribution in [0.2, 0.25) is 0 Å². The molecule has 124 valence electrons. The normalized spacial score (nSPS) is 12.1. The Kier molecular flexibility index (Phi) is 5.23. The number of hydrogen-bond donors (Lipinski definition) is 1. The molecule has 24 heavy (non-hydrogen) atoms. The molecule has 0 fully saturated rings. The number of nitrogens with zero attached hydrogens (tertiary/aromatic N) is 3. The molecule has 0 aliphatic rings. The van der Waals surface area contributed by atoms with Crippen LogP contribution in [0.5, 0.6) is 5.75 Å². The molecule has 0 aliphatic heterocycles. The summed E-state index contributed by atoms with van der Waals surface area (Å²) in [5, 5.41) is 3.47. The second-order valence-electron chi connectivity index (χ2n) is 5.65. The Bertz CT molecular complexity index is 753. The molecule has 5 nitrogen and oxygen atoms in total. The summed E-state index contributed by atoms with van der Waals surface area (Å²) in [5.74, 6) is 1.79. The number of aromatic nitrogens is 3. The number of imidazole rings is 1. The largest absolute Gasteiger partial charge is 0.491 e. The summed E-state index contributed by atoms with van der Waals surface area (Å²) < 4.78 is 7.71. The second kappa shape index (κ2) is 7.75. The van der Waals surface area contributed by atoms with Crippen LogP contribution in [0, 0.1) is 6.92 Å². The first kappa shape index (κ1) is 16.2. The van der Waals surface area contributed by atoms with Crippen LogP contribution in [0.15, 0.2) is 61.2 Å². The lowest BCUT2D eigenvalue weighted by Gasteiger charge is -2.15. The van der Waals surface area contributed by atoms with Gasteiger partial charge in [0.25, 0.3) is 0 Å². The van der Waals surface area contributed by atoms with Crippen LogP contribution in [-0.4, -0.2) is 27.7 Å². The average molecular weight is 322 g/mol. The number of hydrogen-bond acceptors (Lipinski definition) is 4. The van der Waals surface area contributed by atoms with Gasteiger partial charge in [-0.05, 0) is 43.7 Å². The molecule has 1 unspecified atom stereocenters. The molecule has 0 saturated carbocycles. The van der Waals surface area contributed by atoms with Crippen molar-refractivity contribution in [2.24, 2.45) is 0 Å². The van der Waals surface area contributed by atoms with E-state index in [9.17, 15) is 0 Å². The van der Waals surface area contributed by atoms with Crippen LogP contribution in [-0.2, 0) is 0 Å². The molecular weight excluding hydrogens is 300 g/mol. The number of benzene rings is 1. The van der Waals surface area contributed by atoms with E-state index in [2.05, 4.69) is 51.0 Å². The predicted molar refractivity (Wildman–Crippen MR) is 94.5 cm³/mol. The Balaban J connectivity index is 1.50. The summed E-state index contributed by atoms with van der Waals surface area (Å²) in [6, 6.07) is 12.6. The zero-order valence-electron chi connectivity index (χ0n) is 14.0. The minimum atomic E-state index is 0.264. The van der Waals surface area contributed by atoms with Gasteiger partial charge in [0.05, 0.1) is 6.20 Å². The molecule has 0 bridgehead atoms. The van der Waals surface area contributed by atoms with Gasteiger partial charge in [0.15, 0.2) is 0 Å². The number of aryl methyl sites for hydroxylation is 1. The molecule has 3 rings (SSSR count). The van der Waals surface area contributed by atoms with E-state index >= 15 is 0 Å². The lowest BCUT2D eigenvalue weighted by Crippen LogP contribution is -2.24. The van der Waals surface area contributed by atoms with Crippen LogP contribution in [0.1, 0.15) is 24.4 Å². The van der Waals surface area contributed by atoms with E-state index in [0.29, 0.717) is 6.61 Å². The molecule has 2 aromatic heterocycles. The second-order valence-corrected chi connectivity index (χ2v) is 5.65. The topological polar surface area (TPSA) is 52.0 Å². The standard InChI is InChI=1S/C19H22N4O/c1-15(21-11-13-24-19-4-3-9-20-14-19)17-5-7-18(8-6-17)23-12-10-22-16(23)2/h3-10,12,14-15,21H,11,13H2,1-2H3. The highest BCUT2D eigenvalue weighted by Gasteiger charge is 2.06. The maximum absolute atomic E-state index is 5.64. The van der Waals surface area contributed by atoms with E-state index in [1.165, 1.54) is 5.56 Å². The van der Waals surface area contributed by atoms with Gasteiger partial charge >= 0.3 is 0 Å². The summed E-state index contributed by atoms with van der Waals surface area (Å²) in [5.41, 5.74) is 2.37. The fraction of sp³-hybridized carbons (Fsp3) is 0.263. The zero-order chi connectivity index (χ0) is 16.8. The minimum Gasteiger partial charge on any atom is -0.491 e. The molecule has 0 saturated heterocycles. The molecule has 3 aromatic rings. The summed E-state index contributed by atoms with van der Waals surface area (Å²) >= 11 is 0. The molecule has 0 spiro atoms. The first-order chi connectivity index (χ1) is 11.7. The quantitative estimate of drug-likeness (QED) is 0.678. The molecule has 1 atom stereocenters. The van der Waals surface area contributed by atoms with Crippen molar-refractivity contribution in [1.29, 1.82) is 0 Å². The van der Waals surface area contributed by atoms with Gasteiger partial charge in [-0.25, -0.2) is 4.98 Å². The first-order valence-electron chi connectivity index (χ1n) is 8.10. The Morgan fingerprint density at radius 2 is 2.00 bits per heavy atom. The van der Waals surface area contributed by atoms with Crippen molar-refractivity contribution in [3.05, 3.63) is 72.6 Å². The van der Waals surface area contributed by atoms with Crippen molar-refractivity contribution < 1.29 is 4.74 Å². The average Bonchev–Trinajstić information content (AvgIpc) is 3.05. The van der Waals surface area contributed by atoms with Gasteiger partial charge in [0.2, 0.25) is 0 Å². The van der Waals surface area contributed by atoms with Gasteiger partial charge < -0.3 is 14.6 Å². The van der Waals surface area contributed by atoms with Gasteiger partial charge in [-0.1, -0.05) is 12.1 Å². The van der Waals surface area contributed by atoms with E-state index in [0.717, 1.165) is 23.8 Å². The fourth-order valence-electron chi connectivity index (χ4n) is 2.57. The predicted octanol–water partition coefficient (Wildman–Crippen LogP) is 3.31. The zero-order valence-corrected chi connectivity index (χ0v) is 14.0. The number of rotatable bonds is 7. The molecule has 1 N–H and O–H groups in total. The molecule has 2 heterocycles. The van der Waals surface area contributed by atoms with Crippen LogP contribution in [0.3, 0.4) is 0 Å². The Labute approximate surface area is 142 Å². The smallest absolute Gasteiger partial charge is 0.137 e. The molecule has 0 amide bonds. The summed E-state index contributed by atoms with van der Waals surface area (Å²) in [7, 11) is 0. The van der Waals surface area contributed by atoms with Gasteiger partial charge in [0.1, 0.15) is 18.2 Å². The van der Waals surface area contributed by atoms with Crippen LogP contribution < -0.4 is 10.1 Å². The molecule has 5 heteroatoms. The van der Waals surface area contributed by atoms with Crippen molar-refractivity contribution in [2.45, 2.75) is 19.9 Å². The lowest BCUT2D eigenvalue weighted by atomic mass is 10.1. The van der Waals surface area contributed by atoms with Crippen LogP contribution in [0.4, 0.5) is 0 Å². The SMILES string of the molecule is Cc1nccn1-c1ccc(C(C)NCCOc2cccnc2)cc1. The van der Waals surface area contributed by atoms with E-state index in [-0.39, 0.29) is 6.04 Å². The number of nitrogens with one attached hydrogen (secondary N) is 1. The minimum absolute atomic E-state index is 0.264. The van der Waals surface area contributed by atoms with Crippen molar-refractivity contribution in [3.8, 4) is 11.4 Å². The highest BCUT2D eigenvalue weighted by Crippen LogP contribution is 2.16. The Morgan fingerprint density at radius 1 is 1.17 bits per heavy atom. The Hall–Kier alpha value is -2.66. The van der Waals surface area contributed by atoms with Crippen LogP contribution in [0.25, 0.3) is 5.69 Å². The van der Waals surface area contributed by atoms with Crippen molar-refractivity contribution in [1.82, 2.24) is 19.9 Å². The van der Waals surface area contributed by atoms with E-state index in [1.54, 1.807) is 12.4 Å². The Morgan fingerprint density at radius 3 is 2.67 bits per heavy atom. The number of ether oxygens (including phenoxy) is 1.